The lowest BCUT2D eigenvalue weighted by atomic mass is 10.2. The number of amides is 3. The SMILES string of the molecule is COc1ccc(OC)c(NC(=O)c2ccnc(C(=O)N3CCN(C=O)CC3)c2)c1. The normalized spacial score (nSPS) is 13.6. The molecule has 1 saturated heterocycles. The fourth-order valence-electron chi connectivity index (χ4n) is 2.99. The Kier molecular flexibility index (Phi) is 6.28. The van der Waals surface area contributed by atoms with E-state index >= 15 is 0 Å². The molecule has 0 spiro atoms. The van der Waals surface area contributed by atoms with Gasteiger partial charge in [-0.3, -0.25) is 19.4 Å². The first kappa shape index (κ1) is 20.1. The summed E-state index contributed by atoms with van der Waals surface area (Å²) in [6.07, 6.45) is 2.20. The Hall–Kier alpha value is -3.62. The van der Waals surface area contributed by atoms with Crippen LogP contribution in [0, 0.1) is 0 Å². The van der Waals surface area contributed by atoms with Crippen LogP contribution in [-0.2, 0) is 4.79 Å². The molecule has 0 atom stereocenters. The highest BCUT2D eigenvalue weighted by Gasteiger charge is 2.23. The summed E-state index contributed by atoms with van der Waals surface area (Å²) in [4.78, 5) is 43.6. The highest BCUT2D eigenvalue weighted by molar-refractivity contribution is 6.06. The van der Waals surface area contributed by atoms with Crippen LogP contribution in [0.1, 0.15) is 20.8 Å². The van der Waals surface area contributed by atoms with Gasteiger partial charge in [-0.15, -0.1) is 0 Å². The Morgan fingerprint density at radius 3 is 2.48 bits per heavy atom. The van der Waals surface area contributed by atoms with Gasteiger partial charge < -0.3 is 24.6 Å². The largest absolute Gasteiger partial charge is 0.497 e. The van der Waals surface area contributed by atoms with Crippen LogP contribution in [0.2, 0.25) is 0 Å². The van der Waals surface area contributed by atoms with Crippen LogP contribution in [0.4, 0.5) is 5.69 Å². The van der Waals surface area contributed by atoms with E-state index in [9.17, 15) is 14.4 Å². The molecule has 9 heteroatoms. The van der Waals surface area contributed by atoms with Crippen LogP contribution in [-0.4, -0.2) is 73.4 Å². The highest BCUT2D eigenvalue weighted by atomic mass is 16.5. The van der Waals surface area contributed by atoms with E-state index in [0.29, 0.717) is 48.9 Å². The molecular formula is C20H22N4O5. The summed E-state index contributed by atoms with van der Waals surface area (Å²) < 4.78 is 10.5. The van der Waals surface area contributed by atoms with E-state index in [-0.39, 0.29) is 11.6 Å². The van der Waals surface area contributed by atoms with Crippen molar-refractivity contribution < 1.29 is 23.9 Å². The molecule has 2 aromatic rings. The van der Waals surface area contributed by atoms with Crippen LogP contribution in [0.25, 0.3) is 0 Å². The van der Waals surface area contributed by atoms with E-state index in [1.54, 1.807) is 28.0 Å². The smallest absolute Gasteiger partial charge is 0.272 e. The number of piperazine rings is 1. The Morgan fingerprint density at radius 2 is 1.83 bits per heavy atom. The van der Waals surface area contributed by atoms with Gasteiger partial charge in [0.05, 0.1) is 19.9 Å². The summed E-state index contributed by atoms with van der Waals surface area (Å²) >= 11 is 0. The van der Waals surface area contributed by atoms with Gasteiger partial charge in [-0.2, -0.15) is 0 Å². The number of rotatable bonds is 6. The minimum absolute atomic E-state index is 0.176. The van der Waals surface area contributed by atoms with Crippen molar-refractivity contribution in [3.05, 3.63) is 47.8 Å². The van der Waals surface area contributed by atoms with Crippen LogP contribution >= 0.6 is 0 Å². The number of carbonyl (C=O) groups is 3. The van der Waals surface area contributed by atoms with Crippen molar-refractivity contribution >= 4 is 23.9 Å². The van der Waals surface area contributed by atoms with Crippen LogP contribution < -0.4 is 14.8 Å². The molecule has 1 N–H and O–H groups in total. The molecule has 1 aliphatic rings. The van der Waals surface area contributed by atoms with E-state index in [2.05, 4.69) is 10.3 Å². The average Bonchev–Trinajstić information content (AvgIpc) is 2.78. The molecule has 1 aliphatic heterocycles. The third-order valence-corrected chi connectivity index (χ3v) is 4.65. The molecule has 0 radical (unpaired) electrons. The number of pyridine rings is 1. The molecule has 9 nitrogen and oxygen atoms in total. The summed E-state index contributed by atoms with van der Waals surface area (Å²) in [6, 6.07) is 8.05. The number of nitrogens with zero attached hydrogens (tertiary/aromatic N) is 3. The number of hydrogen-bond acceptors (Lipinski definition) is 6. The monoisotopic (exact) mass is 398 g/mol. The van der Waals surface area contributed by atoms with Crippen molar-refractivity contribution in [2.75, 3.05) is 45.7 Å². The van der Waals surface area contributed by atoms with E-state index in [1.807, 2.05) is 0 Å². The van der Waals surface area contributed by atoms with Crippen LogP contribution in [0.3, 0.4) is 0 Å². The molecule has 0 aliphatic carbocycles. The summed E-state index contributed by atoms with van der Waals surface area (Å²) in [6.45, 7) is 1.81. The summed E-state index contributed by atoms with van der Waals surface area (Å²) in [5.74, 6) is 0.377. The van der Waals surface area contributed by atoms with Gasteiger partial charge in [-0.05, 0) is 24.3 Å². The zero-order valence-corrected chi connectivity index (χ0v) is 16.3. The van der Waals surface area contributed by atoms with Crippen molar-refractivity contribution in [3.63, 3.8) is 0 Å². The number of aromatic nitrogens is 1. The molecule has 0 unspecified atom stereocenters. The molecule has 1 fully saturated rings. The number of anilines is 1. The molecule has 1 aromatic carbocycles. The quantitative estimate of drug-likeness (QED) is 0.736. The first-order valence-electron chi connectivity index (χ1n) is 9.03. The van der Waals surface area contributed by atoms with Gasteiger partial charge in [0, 0.05) is 44.0 Å². The van der Waals surface area contributed by atoms with Crippen molar-refractivity contribution in [2.24, 2.45) is 0 Å². The van der Waals surface area contributed by atoms with Gasteiger partial charge in [0.1, 0.15) is 17.2 Å². The van der Waals surface area contributed by atoms with E-state index in [4.69, 9.17) is 9.47 Å². The highest BCUT2D eigenvalue weighted by Crippen LogP contribution is 2.29. The number of methoxy groups -OCH3 is 2. The maximum atomic E-state index is 12.7. The predicted molar refractivity (Wildman–Crippen MR) is 105 cm³/mol. The second-order valence-corrected chi connectivity index (χ2v) is 6.38. The van der Waals surface area contributed by atoms with Gasteiger partial charge in [-0.1, -0.05) is 0 Å². The third kappa shape index (κ3) is 4.63. The number of carbonyl (C=O) groups excluding carboxylic acids is 3. The van der Waals surface area contributed by atoms with Gasteiger partial charge in [-0.25, -0.2) is 0 Å². The lowest BCUT2D eigenvalue weighted by molar-refractivity contribution is -0.119. The number of hydrogen-bond donors (Lipinski definition) is 1. The van der Waals surface area contributed by atoms with E-state index in [1.165, 1.54) is 32.5 Å². The fourth-order valence-corrected chi connectivity index (χ4v) is 2.99. The molecule has 2 heterocycles. The Labute approximate surface area is 168 Å². The van der Waals surface area contributed by atoms with Gasteiger partial charge in [0.25, 0.3) is 11.8 Å². The van der Waals surface area contributed by atoms with Crippen molar-refractivity contribution in [1.29, 1.82) is 0 Å². The summed E-state index contributed by atoms with van der Waals surface area (Å²) in [7, 11) is 3.04. The first-order chi connectivity index (χ1) is 14.0. The standard InChI is InChI=1S/C20H22N4O5/c1-28-15-3-4-18(29-2)16(12-15)22-19(26)14-5-6-21-17(11-14)20(27)24-9-7-23(13-25)8-10-24/h3-6,11-13H,7-10H2,1-2H3,(H,22,26). The predicted octanol–water partition coefficient (Wildman–Crippen LogP) is 1.27. The molecule has 3 amide bonds. The van der Waals surface area contributed by atoms with Crippen LogP contribution in [0.15, 0.2) is 36.5 Å². The maximum Gasteiger partial charge on any atom is 0.272 e. The topological polar surface area (TPSA) is 101 Å². The van der Waals surface area contributed by atoms with E-state index in [0.717, 1.165) is 6.41 Å². The third-order valence-electron chi connectivity index (χ3n) is 4.65. The molecule has 3 rings (SSSR count). The molecule has 0 bridgehead atoms. The van der Waals surface area contributed by atoms with Crippen molar-refractivity contribution in [2.45, 2.75) is 0 Å². The Bertz CT molecular complexity index is 909. The van der Waals surface area contributed by atoms with Gasteiger partial charge in [0.2, 0.25) is 6.41 Å². The van der Waals surface area contributed by atoms with Gasteiger partial charge in [0.15, 0.2) is 0 Å². The zero-order valence-electron chi connectivity index (χ0n) is 16.3. The lowest BCUT2D eigenvalue weighted by Crippen LogP contribution is -2.48. The van der Waals surface area contributed by atoms with Crippen molar-refractivity contribution in [3.8, 4) is 11.5 Å². The molecule has 29 heavy (non-hydrogen) atoms. The maximum absolute atomic E-state index is 12.7. The minimum atomic E-state index is -0.404. The molecule has 1 aromatic heterocycles. The first-order valence-corrected chi connectivity index (χ1v) is 9.03. The minimum Gasteiger partial charge on any atom is -0.497 e. The average molecular weight is 398 g/mol. The molecular weight excluding hydrogens is 376 g/mol. The summed E-state index contributed by atoms with van der Waals surface area (Å²) in [5, 5.41) is 2.77. The molecule has 0 saturated carbocycles. The zero-order chi connectivity index (χ0) is 20.8. The number of benzene rings is 1. The van der Waals surface area contributed by atoms with Gasteiger partial charge >= 0.3 is 0 Å². The number of nitrogens with one attached hydrogen (secondary N) is 1. The van der Waals surface area contributed by atoms with Crippen LogP contribution in [0.5, 0.6) is 11.5 Å². The van der Waals surface area contributed by atoms with Crippen molar-refractivity contribution in [1.82, 2.24) is 14.8 Å². The van der Waals surface area contributed by atoms with E-state index < -0.39 is 5.91 Å². The second-order valence-electron chi connectivity index (χ2n) is 6.38. The fraction of sp³-hybridized carbons (Fsp3) is 0.300. The molecule has 152 valence electrons. The number of ether oxygens (including phenoxy) is 2. The Balaban J connectivity index is 1.75. The second kappa shape index (κ2) is 9.05. The summed E-state index contributed by atoms with van der Waals surface area (Å²) in [5.41, 5.74) is 0.918. The lowest BCUT2D eigenvalue weighted by Gasteiger charge is -2.32. The Morgan fingerprint density at radius 1 is 1.07 bits per heavy atom.